The maximum atomic E-state index is 12.5. The molecule has 1 saturated carbocycles. The van der Waals surface area contributed by atoms with E-state index in [1.165, 1.54) is 19.3 Å². The van der Waals surface area contributed by atoms with Gasteiger partial charge >= 0.3 is 5.97 Å². The van der Waals surface area contributed by atoms with E-state index in [0.717, 1.165) is 25.2 Å². The van der Waals surface area contributed by atoms with Gasteiger partial charge in [0.05, 0.1) is 12.2 Å². The van der Waals surface area contributed by atoms with Crippen LogP contribution in [0.15, 0.2) is 36.0 Å². The Morgan fingerprint density at radius 3 is 3.08 bits per heavy atom. The van der Waals surface area contributed by atoms with Gasteiger partial charge in [0.1, 0.15) is 18.6 Å². The quantitative estimate of drug-likeness (QED) is 0.676. The number of aromatic nitrogens is 1. The summed E-state index contributed by atoms with van der Waals surface area (Å²) in [6, 6.07) is 5.97. The molecular weight excluding hydrogens is 312 g/mol. The molecule has 0 aromatic carbocycles. The van der Waals surface area contributed by atoms with Gasteiger partial charge < -0.3 is 10.1 Å². The van der Waals surface area contributed by atoms with Gasteiger partial charge in [-0.25, -0.2) is 0 Å². The van der Waals surface area contributed by atoms with Crippen molar-refractivity contribution in [3.8, 4) is 0 Å². The van der Waals surface area contributed by atoms with Crippen LogP contribution in [0.2, 0.25) is 0 Å². The summed E-state index contributed by atoms with van der Waals surface area (Å²) in [6.07, 6.45) is 9.16. The zero-order valence-corrected chi connectivity index (χ0v) is 15.3. The maximum Gasteiger partial charge on any atom is 0.315 e. The van der Waals surface area contributed by atoms with Crippen molar-refractivity contribution in [2.24, 2.45) is 23.2 Å². The first-order chi connectivity index (χ1) is 12.1. The average Bonchev–Trinajstić information content (AvgIpc) is 2.88. The molecule has 0 bridgehead atoms. The van der Waals surface area contributed by atoms with Gasteiger partial charge in [0.2, 0.25) is 0 Å². The molecule has 1 aromatic rings. The Morgan fingerprint density at radius 2 is 2.28 bits per heavy atom. The fourth-order valence-corrected chi connectivity index (χ4v) is 5.25. The normalized spacial score (nSPS) is 37.0. The summed E-state index contributed by atoms with van der Waals surface area (Å²) in [6.45, 7) is 6.32. The molecule has 5 atom stereocenters. The van der Waals surface area contributed by atoms with E-state index in [4.69, 9.17) is 4.74 Å². The zero-order chi connectivity index (χ0) is 17.4. The van der Waals surface area contributed by atoms with Crippen molar-refractivity contribution in [2.45, 2.75) is 52.2 Å². The number of ether oxygens (including phenoxy) is 1. The van der Waals surface area contributed by atoms with Crippen LogP contribution in [0.5, 0.6) is 0 Å². The van der Waals surface area contributed by atoms with Crippen molar-refractivity contribution < 1.29 is 14.8 Å². The Kier molecular flexibility index (Phi) is 4.40. The summed E-state index contributed by atoms with van der Waals surface area (Å²) in [5.74, 6) is 0.892. The standard InChI is InChI=1S/C21H28N2O2/c1-14-6-5-8-21(2)11-19-16(10-18(14)21)17(20(24)25-19)13-22-12-15-7-3-4-9-23-15/h3-4,7,9-10,14,16-17,19,22H,5-6,8,11-13H2,1-2H3/p+1/t14-,16+,17-,19+,21+/m0/s1. The molecule has 4 heteroatoms. The second-order valence-electron chi connectivity index (χ2n) is 8.39. The molecule has 2 fully saturated rings. The predicted molar refractivity (Wildman–Crippen MR) is 95.4 cm³/mol. The molecule has 1 aliphatic heterocycles. The third kappa shape index (κ3) is 3.12. The minimum absolute atomic E-state index is 0.000907. The lowest BCUT2D eigenvalue weighted by Crippen LogP contribution is -2.84. The van der Waals surface area contributed by atoms with Gasteiger partial charge in [-0.15, -0.1) is 0 Å². The number of hydrogen-bond donors (Lipinski definition) is 1. The fourth-order valence-electron chi connectivity index (χ4n) is 5.25. The minimum Gasteiger partial charge on any atom is -0.461 e. The van der Waals surface area contributed by atoms with Crippen molar-refractivity contribution in [3.63, 3.8) is 0 Å². The molecule has 3 aliphatic rings. The molecule has 1 aromatic heterocycles. The van der Waals surface area contributed by atoms with Gasteiger partial charge in [0.15, 0.2) is 0 Å². The lowest BCUT2D eigenvalue weighted by Gasteiger charge is -2.45. The number of pyridine rings is 1. The molecule has 0 unspecified atom stereocenters. The summed E-state index contributed by atoms with van der Waals surface area (Å²) in [7, 11) is 0. The van der Waals surface area contributed by atoms with E-state index in [-0.39, 0.29) is 29.3 Å². The SMILES string of the molecule is C[C@H]1CCC[C@]2(C)C[C@H]3OC(=O)[C@@H](C[NH2+]Cc4ccccn4)[C@H]3C=C12. The summed E-state index contributed by atoms with van der Waals surface area (Å²) in [5.41, 5.74) is 2.89. The topological polar surface area (TPSA) is 55.8 Å². The number of esters is 1. The average molecular weight is 341 g/mol. The predicted octanol–water partition coefficient (Wildman–Crippen LogP) is 2.46. The number of nitrogens with two attached hydrogens (primary N) is 1. The van der Waals surface area contributed by atoms with Crippen molar-refractivity contribution in [3.05, 3.63) is 41.7 Å². The Hall–Kier alpha value is -1.68. The summed E-state index contributed by atoms with van der Waals surface area (Å²) in [4.78, 5) is 16.8. The second kappa shape index (κ2) is 6.56. The van der Waals surface area contributed by atoms with Crippen LogP contribution in [0.1, 0.15) is 45.2 Å². The summed E-state index contributed by atoms with van der Waals surface area (Å²) >= 11 is 0. The van der Waals surface area contributed by atoms with Gasteiger partial charge in [-0.1, -0.05) is 38.0 Å². The molecule has 2 N–H and O–H groups in total. The number of fused-ring (bicyclic) bond motifs is 2. The molecule has 134 valence electrons. The highest BCUT2D eigenvalue weighted by atomic mass is 16.6. The first kappa shape index (κ1) is 16.8. The second-order valence-corrected chi connectivity index (χ2v) is 8.39. The van der Waals surface area contributed by atoms with Crippen molar-refractivity contribution in [1.29, 1.82) is 0 Å². The monoisotopic (exact) mass is 341 g/mol. The Morgan fingerprint density at radius 1 is 1.40 bits per heavy atom. The lowest BCUT2D eigenvalue weighted by molar-refractivity contribution is -0.675. The zero-order valence-electron chi connectivity index (χ0n) is 15.3. The van der Waals surface area contributed by atoms with E-state index < -0.39 is 0 Å². The van der Waals surface area contributed by atoms with Gasteiger partial charge in [0, 0.05) is 12.1 Å². The van der Waals surface area contributed by atoms with Crippen LogP contribution in [0.4, 0.5) is 0 Å². The maximum absolute atomic E-state index is 12.5. The Bertz CT molecular complexity index is 672. The van der Waals surface area contributed by atoms with Crippen LogP contribution in [0.25, 0.3) is 0 Å². The van der Waals surface area contributed by atoms with Crippen molar-refractivity contribution in [1.82, 2.24) is 4.98 Å². The van der Waals surface area contributed by atoms with Crippen molar-refractivity contribution >= 4 is 5.97 Å². The van der Waals surface area contributed by atoms with Crippen LogP contribution in [0, 0.1) is 23.2 Å². The molecule has 1 saturated heterocycles. The molecule has 2 heterocycles. The van der Waals surface area contributed by atoms with E-state index in [9.17, 15) is 4.79 Å². The molecule has 4 nitrogen and oxygen atoms in total. The van der Waals surface area contributed by atoms with E-state index >= 15 is 0 Å². The largest absolute Gasteiger partial charge is 0.461 e. The minimum atomic E-state index is -0.0140. The van der Waals surface area contributed by atoms with Gasteiger partial charge in [0.25, 0.3) is 0 Å². The first-order valence-corrected chi connectivity index (χ1v) is 9.71. The lowest BCUT2D eigenvalue weighted by atomic mass is 9.59. The number of carbonyl (C=O) groups excluding carboxylic acids is 1. The van der Waals surface area contributed by atoms with E-state index in [2.05, 4.69) is 30.2 Å². The first-order valence-electron chi connectivity index (χ1n) is 9.71. The molecular formula is C21H29N2O2+. The van der Waals surface area contributed by atoms with Crippen LogP contribution < -0.4 is 5.32 Å². The number of carbonyl (C=O) groups is 1. The summed E-state index contributed by atoms with van der Waals surface area (Å²) in [5, 5.41) is 2.20. The number of hydrogen-bond acceptors (Lipinski definition) is 3. The van der Waals surface area contributed by atoms with Crippen molar-refractivity contribution in [2.75, 3.05) is 6.54 Å². The molecule has 25 heavy (non-hydrogen) atoms. The third-order valence-corrected chi connectivity index (χ3v) is 6.58. The van der Waals surface area contributed by atoms with E-state index in [0.29, 0.717) is 5.92 Å². The van der Waals surface area contributed by atoms with E-state index in [1.807, 2.05) is 24.4 Å². The number of rotatable bonds is 4. The molecule has 0 amide bonds. The highest BCUT2D eigenvalue weighted by Crippen LogP contribution is 2.53. The number of allylic oxidation sites excluding steroid dienone is 1. The Labute approximate surface area is 150 Å². The van der Waals surface area contributed by atoms with Crippen LogP contribution in [-0.2, 0) is 16.1 Å². The fraction of sp³-hybridized carbons (Fsp3) is 0.619. The van der Waals surface area contributed by atoms with E-state index in [1.54, 1.807) is 5.57 Å². The highest BCUT2D eigenvalue weighted by molar-refractivity contribution is 5.76. The number of nitrogens with zero attached hydrogens (tertiary/aromatic N) is 1. The van der Waals surface area contributed by atoms with Crippen LogP contribution in [0.3, 0.4) is 0 Å². The molecule has 0 spiro atoms. The third-order valence-electron chi connectivity index (χ3n) is 6.58. The molecule has 2 aliphatic carbocycles. The van der Waals surface area contributed by atoms with Crippen LogP contribution in [-0.4, -0.2) is 23.6 Å². The molecule has 4 rings (SSSR count). The van der Waals surface area contributed by atoms with Gasteiger partial charge in [-0.05, 0) is 42.7 Å². The van der Waals surface area contributed by atoms with Crippen LogP contribution >= 0.6 is 0 Å². The van der Waals surface area contributed by atoms with Gasteiger partial charge in [-0.2, -0.15) is 0 Å². The Balaban J connectivity index is 1.47. The number of quaternary nitrogens is 1. The molecule has 0 radical (unpaired) electrons. The smallest absolute Gasteiger partial charge is 0.315 e. The highest BCUT2D eigenvalue weighted by Gasteiger charge is 2.52. The van der Waals surface area contributed by atoms with Gasteiger partial charge in [-0.3, -0.25) is 9.78 Å². The summed E-state index contributed by atoms with van der Waals surface area (Å²) < 4.78 is 5.81.